The second-order valence-corrected chi connectivity index (χ2v) is 8.48. The highest BCUT2D eigenvalue weighted by atomic mass is 35.5. The van der Waals surface area contributed by atoms with Crippen LogP contribution in [0.5, 0.6) is 0 Å². The van der Waals surface area contributed by atoms with E-state index in [1.165, 1.54) is 17.8 Å². The number of hydrogen-bond donors (Lipinski definition) is 2. The third kappa shape index (κ3) is 4.23. The molecule has 134 valence electrons. The third-order valence-corrected chi connectivity index (χ3v) is 6.14. The van der Waals surface area contributed by atoms with Crippen LogP contribution in [0.2, 0.25) is 5.15 Å². The molecule has 0 saturated carbocycles. The van der Waals surface area contributed by atoms with E-state index in [1.807, 2.05) is 0 Å². The molecule has 1 amide bonds. The zero-order valence-electron chi connectivity index (χ0n) is 13.8. The predicted octanol–water partition coefficient (Wildman–Crippen LogP) is 2.80. The minimum Gasteiger partial charge on any atom is -0.365 e. The van der Waals surface area contributed by atoms with Crippen LogP contribution >= 0.6 is 23.4 Å². The molecular weight excluding hydrogens is 384 g/mol. The summed E-state index contributed by atoms with van der Waals surface area (Å²) in [4.78, 5) is 20.1. The van der Waals surface area contributed by atoms with Crippen molar-refractivity contribution >= 4 is 50.6 Å². The summed E-state index contributed by atoms with van der Waals surface area (Å²) in [5.74, 6) is -0.574. The maximum Gasteiger partial charge on any atom is 0.255 e. The van der Waals surface area contributed by atoms with Gasteiger partial charge < -0.3 is 11.1 Å². The average molecular weight is 401 g/mol. The molecule has 7 nitrogen and oxygen atoms in total. The van der Waals surface area contributed by atoms with Crippen LogP contribution in [0.1, 0.15) is 22.8 Å². The monoisotopic (exact) mass is 400 g/mol. The minimum absolute atomic E-state index is 0.0189. The van der Waals surface area contributed by atoms with Crippen LogP contribution in [0.15, 0.2) is 28.3 Å². The number of carbonyl (C=O) groups excluding carboxylic acids is 1. The Balaban J connectivity index is 2.48. The number of aryl methyl sites for hydroxylation is 1. The van der Waals surface area contributed by atoms with Crippen LogP contribution in [0.3, 0.4) is 0 Å². The molecule has 0 spiro atoms. The van der Waals surface area contributed by atoms with Gasteiger partial charge in [0.15, 0.2) is 15.0 Å². The summed E-state index contributed by atoms with van der Waals surface area (Å²) < 4.78 is 24.1. The van der Waals surface area contributed by atoms with Gasteiger partial charge in [0.25, 0.3) is 5.91 Å². The fraction of sp³-hybridized carbons (Fsp3) is 0.267. The van der Waals surface area contributed by atoms with Crippen molar-refractivity contribution in [1.82, 2.24) is 9.97 Å². The molecule has 0 unspecified atom stereocenters. The Morgan fingerprint density at radius 1 is 1.36 bits per heavy atom. The molecule has 3 N–H and O–H groups in total. The van der Waals surface area contributed by atoms with Crippen molar-refractivity contribution in [1.29, 1.82) is 0 Å². The molecule has 0 aliphatic heterocycles. The molecule has 0 radical (unpaired) electrons. The summed E-state index contributed by atoms with van der Waals surface area (Å²) in [7, 11) is -3.31. The summed E-state index contributed by atoms with van der Waals surface area (Å²) in [6.07, 6.45) is 1.77. The van der Waals surface area contributed by atoms with Crippen molar-refractivity contribution < 1.29 is 13.2 Å². The first-order valence-corrected chi connectivity index (χ1v) is 10.5. The van der Waals surface area contributed by atoms with Gasteiger partial charge in [-0.1, -0.05) is 30.3 Å². The lowest BCUT2D eigenvalue weighted by Crippen LogP contribution is -2.16. The first kappa shape index (κ1) is 19.5. The van der Waals surface area contributed by atoms with E-state index in [-0.39, 0.29) is 27.2 Å². The number of nitrogens with two attached hydrogens (primary N) is 1. The SMILES string of the molecule is CCS(=O)(=O)c1ccc(Nc2nc(SC)nc(Cl)c2C(N)=O)cc1C. The van der Waals surface area contributed by atoms with Crippen LogP contribution in [0, 0.1) is 6.92 Å². The summed E-state index contributed by atoms with van der Waals surface area (Å²) >= 11 is 7.29. The molecule has 1 heterocycles. The molecule has 0 fully saturated rings. The minimum atomic E-state index is -3.31. The van der Waals surface area contributed by atoms with Crippen molar-refractivity contribution in [3.8, 4) is 0 Å². The van der Waals surface area contributed by atoms with Gasteiger partial charge in [0.2, 0.25) is 0 Å². The van der Waals surface area contributed by atoms with Gasteiger partial charge in [-0.05, 0) is 36.9 Å². The number of anilines is 2. The first-order chi connectivity index (χ1) is 11.7. The van der Waals surface area contributed by atoms with Crippen LogP contribution in [-0.2, 0) is 9.84 Å². The second-order valence-electron chi connectivity index (χ2n) is 5.10. The van der Waals surface area contributed by atoms with Crippen molar-refractivity contribution in [3.05, 3.63) is 34.5 Å². The van der Waals surface area contributed by atoms with E-state index in [0.717, 1.165) is 0 Å². The Morgan fingerprint density at radius 3 is 2.56 bits per heavy atom. The molecule has 0 bridgehead atoms. The smallest absolute Gasteiger partial charge is 0.255 e. The number of hydrogen-bond acceptors (Lipinski definition) is 7. The number of carbonyl (C=O) groups is 1. The van der Waals surface area contributed by atoms with Crippen molar-refractivity contribution in [2.24, 2.45) is 5.73 Å². The predicted molar refractivity (Wildman–Crippen MR) is 99.5 cm³/mol. The summed E-state index contributed by atoms with van der Waals surface area (Å²) in [5.41, 5.74) is 6.47. The fourth-order valence-corrected chi connectivity index (χ4v) is 4.00. The molecule has 0 aliphatic carbocycles. The highest BCUT2D eigenvalue weighted by molar-refractivity contribution is 7.98. The number of aromatic nitrogens is 2. The number of sulfone groups is 1. The number of amides is 1. The molecule has 0 aliphatic rings. The Hall–Kier alpha value is -1.84. The van der Waals surface area contributed by atoms with Crippen LogP contribution in [0.4, 0.5) is 11.5 Å². The van der Waals surface area contributed by atoms with Gasteiger partial charge in [0.1, 0.15) is 16.5 Å². The maximum atomic E-state index is 12.0. The van der Waals surface area contributed by atoms with Gasteiger partial charge in [-0.2, -0.15) is 0 Å². The van der Waals surface area contributed by atoms with E-state index >= 15 is 0 Å². The number of thioether (sulfide) groups is 1. The standard InChI is InChI=1S/C15H17ClN4O3S2/c1-4-25(22,23)10-6-5-9(7-8(10)2)18-14-11(13(17)21)12(16)19-15(20-14)24-3/h5-7H,4H2,1-3H3,(H2,17,21)(H,18,19,20). The third-order valence-electron chi connectivity index (χ3n) is 3.43. The number of benzene rings is 1. The summed E-state index contributed by atoms with van der Waals surface area (Å²) in [6, 6.07) is 4.76. The van der Waals surface area contributed by atoms with E-state index in [1.54, 1.807) is 32.2 Å². The Bertz CT molecular complexity index is 933. The van der Waals surface area contributed by atoms with Crippen LogP contribution in [0.25, 0.3) is 0 Å². The van der Waals surface area contributed by atoms with E-state index in [9.17, 15) is 13.2 Å². The lowest BCUT2D eigenvalue weighted by Gasteiger charge is -2.13. The van der Waals surface area contributed by atoms with Gasteiger partial charge in [-0.3, -0.25) is 4.79 Å². The maximum absolute atomic E-state index is 12.0. The molecule has 2 aromatic rings. The lowest BCUT2D eigenvalue weighted by molar-refractivity contribution is 0.100. The molecule has 0 atom stereocenters. The van der Waals surface area contributed by atoms with E-state index in [0.29, 0.717) is 16.4 Å². The molecule has 0 saturated heterocycles. The Kier molecular flexibility index (Phi) is 5.91. The zero-order chi connectivity index (χ0) is 18.8. The van der Waals surface area contributed by atoms with Crippen LogP contribution < -0.4 is 11.1 Å². The zero-order valence-corrected chi connectivity index (χ0v) is 16.2. The Labute approximate surface area is 155 Å². The number of rotatable bonds is 6. The van der Waals surface area contributed by atoms with Gasteiger partial charge in [-0.15, -0.1) is 0 Å². The quantitative estimate of drug-likeness (QED) is 0.435. The fourth-order valence-electron chi connectivity index (χ4n) is 2.18. The van der Waals surface area contributed by atoms with E-state index in [2.05, 4.69) is 15.3 Å². The van der Waals surface area contributed by atoms with Gasteiger partial charge >= 0.3 is 0 Å². The van der Waals surface area contributed by atoms with Crippen LogP contribution in [-0.4, -0.2) is 36.3 Å². The molecule has 2 rings (SSSR count). The van der Waals surface area contributed by atoms with E-state index in [4.69, 9.17) is 17.3 Å². The number of halogens is 1. The highest BCUT2D eigenvalue weighted by Crippen LogP contribution is 2.28. The summed E-state index contributed by atoms with van der Waals surface area (Å²) in [5, 5.41) is 3.29. The van der Waals surface area contributed by atoms with Crippen molar-refractivity contribution in [3.63, 3.8) is 0 Å². The first-order valence-electron chi connectivity index (χ1n) is 7.21. The highest BCUT2D eigenvalue weighted by Gasteiger charge is 2.19. The topological polar surface area (TPSA) is 115 Å². The Morgan fingerprint density at radius 2 is 2.04 bits per heavy atom. The number of nitrogens with zero attached hydrogens (tertiary/aromatic N) is 2. The number of nitrogens with one attached hydrogen (secondary N) is 1. The molecule has 10 heteroatoms. The lowest BCUT2D eigenvalue weighted by atomic mass is 10.2. The summed E-state index contributed by atoms with van der Waals surface area (Å²) in [6.45, 7) is 3.29. The normalized spacial score (nSPS) is 11.4. The molecule has 25 heavy (non-hydrogen) atoms. The molecule has 1 aromatic carbocycles. The molecule has 1 aromatic heterocycles. The largest absolute Gasteiger partial charge is 0.365 e. The van der Waals surface area contributed by atoms with Gasteiger partial charge in [0, 0.05) is 5.69 Å². The van der Waals surface area contributed by atoms with Gasteiger partial charge in [0.05, 0.1) is 10.6 Å². The molecular formula is C15H17ClN4O3S2. The second kappa shape index (κ2) is 7.59. The number of primary amides is 1. The van der Waals surface area contributed by atoms with Crippen molar-refractivity contribution in [2.45, 2.75) is 23.9 Å². The van der Waals surface area contributed by atoms with Crippen molar-refractivity contribution in [2.75, 3.05) is 17.3 Å². The average Bonchev–Trinajstić information content (AvgIpc) is 2.53. The van der Waals surface area contributed by atoms with Gasteiger partial charge in [-0.25, -0.2) is 18.4 Å². The van der Waals surface area contributed by atoms with E-state index < -0.39 is 15.7 Å².